The summed E-state index contributed by atoms with van der Waals surface area (Å²) in [5, 5.41) is 5.26. The van der Waals surface area contributed by atoms with E-state index in [0.717, 1.165) is 26.9 Å². The predicted molar refractivity (Wildman–Crippen MR) is 114 cm³/mol. The molecule has 3 N–H and O–H groups in total. The predicted octanol–water partition coefficient (Wildman–Crippen LogP) is 3.31. The molecule has 5 nitrogen and oxygen atoms in total. The quantitative estimate of drug-likeness (QED) is 0.660. The van der Waals surface area contributed by atoms with Crippen LogP contribution in [0.4, 0.5) is 0 Å². The summed E-state index contributed by atoms with van der Waals surface area (Å²) in [6.07, 6.45) is 0.251. The second-order valence-corrected chi connectivity index (χ2v) is 7.54. The van der Waals surface area contributed by atoms with Crippen molar-refractivity contribution in [3.05, 3.63) is 68.3 Å². The van der Waals surface area contributed by atoms with E-state index in [9.17, 15) is 9.59 Å². The molecule has 0 aliphatic heterocycles. The van der Waals surface area contributed by atoms with Gasteiger partial charge >= 0.3 is 4.87 Å². The molecule has 1 aromatic heterocycles. The Morgan fingerprint density at radius 1 is 1.19 bits per heavy atom. The second kappa shape index (κ2) is 9.17. The molecule has 0 saturated heterocycles. The van der Waals surface area contributed by atoms with Crippen LogP contribution < -0.4 is 15.9 Å². The Labute approximate surface area is 168 Å². The third kappa shape index (κ3) is 4.77. The van der Waals surface area contributed by atoms with Crippen molar-refractivity contribution in [1.29, 1.82) is 0 Å². The number of hydrogen-bond donors (Lipinski definition) is 2. The molecule has 1 unspecified atom stereocenters. The topological polar surface area (TPSA) is 77.1 Å². The van der Waals surface area contributed by atoms with E-state index >= 15 is 0 Å². The summed E-state index contributed by atoms with van der Waals surface area (Å²) < 4.78 is 1.66. The molecule has 1 heterocycles. The molecule has 0 spiro atoms. The van der Waals surface area contributed by atoms with Gasteiger partial charge in [-0.1, -0.05) is 47.7 Å². The van der Waals surface area contributed by atoms with Crippen LogP contribution in [0.15, 0.2) is 47.3 Å². The van der Waals surface area contributed by atoms with Crippen LogP contribution in [0.1, 0.15) is 28.6 Å². The highest BCUT2D eigenvalue weighted by atomic mass is 35.5. The van der Waals surface area contributed by atoms with E-state index in [1.165, 1.54) is 11.3 Å². The van der Waals surface area contributed by atoms with Crippen LogP contribution in [0, 0.1) is 13.8 Å². The van der Waals surface area contributed by atoms with Gasteiger partial charge in [0.15, 0.2) is 0 Å². The molecule has 3 rings (SSSR count). The minimum Gasteiger partial charge on any atom is -0.348 e. The number of rotatable bonds is 6. The molecule has 0 bridgehead atoms. The Kier molecular flexibility index (Phi) is 7.18. The zero-order valence-electron chi connectivity index (χ0n) is 15.4. The van der Waals surface area contributed by atoms with Gasteiger partial charge in [-0.25, -0.2) is 0 Å². The highest BCUT2D eigenvalue weighted by molar-refractivity contribution is 7.09. The third-order valence-electron chi connectivity index (χ3n) is 4.68. The maximum atomic E-state index is 12.4. The van der Waals surface area contributed by atoms with E-state index in [4.69, 9.17) is 5.73 Å². The summed E-state index contributed by atoms with van der Waals surface area (Å²) in [7, 11) is 0. The summed E-state index contributed by atoms with van der Waals surface area (Å²) in [6, 6.07) is 13.9. The van der Waals surface area contributed by atoms with E-state index in [0.29, 0.717) is 13.1 Å². The normalized spacial score (nSPS) is 11.8. The SMILES string of the molecule is Cc1sc(=O)n(CCC(=O)NC(CN)c2ccc3ccccc3c2)c1C.Cl. The van der Waals surface area contributed by atoms with Gasteiger partial charge in [0.2, 0.25) is 5.91 Å². The van der Waals surface area contributed by atoms with Crippen LogP contribution in [0.5, 0.6) is 0 Å². The van der Waals surface area contributed by atoms with E-state index < -0.39 is 0 Å². The summed E-state index contributed by atoms with van der Waals surface area (Å²) in [4.78, 5) is 25.3. The van der Waals surface area contributed by atoms with Crippen molar-refractivity contribution < 1.29 is 4.79 Å². The van der Waals surface area contributed by atoms with Crippen LogP contribution in [0.2, 0.25) is 0 Å². The number of benzene rings is 2. The van der Waals surface area contributed by atoms with Gasteiger partial charge in [0.05, 0.1) is 6.04 Å². The van der Waals surface area contributed by atoms with Gasteiger partial charge in [-0.2, -0.15) is 0 Å². The lowest BCUT2D eigenvalue weighted by atomic mass is 10.0. The monoisotopic (exact) mass is 405 g/mol. The van der Waals surface area contributed by atoms with Gasteiger partial charge in [0.1, 0.15) is 0 Å². The average Bonchev–Trinajstić information content (AvgIpc) is 2.89. The fourth-order valence-corrected chi connectivity index (χ4v) is 3.89. The smallest absolute Gasteiger partial charge is 0.307 e. The number of nitrogens with one attached hydrogen (secondary N) is 1. The molecule has 0 fully saturated rings. The number of amides is 1. The molecular formula is C20H24ClN3O2S. The lowest BCUT2D eigenvalue weighted by Gasteiger charge is -2.18. The number of aromatic nitrogens is 1. The van der Waals surface area contributed by atoms with Crippen LogP contribution in [-0.2, 0) is 11.3 Å². The molecule has 1 amide bonds. The largest absolute Gasteiger partial charge is 0.348 e. The van der Waals surface area contributed by atoms with Crippen LogP contribution >= 0.6 is 23.7 Å². The number of thiazole rings is 1. The summed E-state index contributed by atoms with van der Waals surface area (Å²) in [5.74, 6) is -0.108. The van der Waals surface area contributed by atoms with Crippen molar-refractivity contribution in [3.8, 4) is 0 Å². The van der Waals surface area contributed by atoms with Gasteiger partial charge in [-0.05, 0) is 36.2 Å². The minimum atomic E-state index is -0.242. The number of carbonyl (C=O) groups excluding carboxylic acids is 1. The number of fused-ring (bicyclic) bond motifs is 1. The van der Waals surface area contributed by atoms with E-state index in [2.05, 4.69) is 17.4 Å². The van der Waals surface area contributed by atoms with Crippen molar-refractivity contribution in [3.63, 3.8) is 0 Å². The average molecular weight is 406 g/mol. The summed E-state index contributed by atoms with van der Waals surface area (Å²) in [6.45, 7) is 4.53. The Hall–Kier alpha value is -2.15. The summed E-state index contributed by atoms with van der Waals surface area (Å²) in [5.41, 5.74) is 7.80. The zero-order valence-corrected chi connectivity index (χ0v) is 17.0. The molecule has 1 atom stereocenters. The van der Waals surface area contributed by atoms with Crippen molar-refractivity contribution in [2.45, 2.75) is 32.9 Å². The van der Waals surface area contributed by atoms with Gasteiger partial charge in [-0.15, -0.1) is 12.4 Å². The van der Waals surface area contributed by atoms with Gasteiger partial charge in [-0.3, -0.25) is 9.59 Å². The molecular weight excluding hydrogens is 382 g/mol. The highest BCUT2D eigenvalue weighted by Gasteiger charge is 2.15. The molecule has 144 valence electrons. The van der Waals surface area contributed by atoms with Gasteiger partial charge < -0.3 is 15.6 Å². The molecule has 0 aliphatic carbocycles. The van der Waals surface area contributed by atoms with Gasteiger partial charge in [0.25, 0.3) is 0 Å². The maximum Gasteiger partial charge on any atom is 0.307 e. The molecule has 0 aliphatic rings. The van der Waals surface area contributed by atoms with Crippen molar-refractivity contribution in [2.75, 3.05) is 6.54 Å². The first kappa shape index (κ1) is 21.2. The van der Waals surface area contributed by atoms with E-state index in [1.54, 1.807) is 4.57 Å². The molecule has 2 aromatic carbocycles. The van der Waals surface area contributed by atoms with E-state index in [-0.39, 0.29) is 35.6 Å². The molecule has 3 aromatic rings. The lowest BCUT2D eigenvalue weighted by Crippen LogP contribution is -2.34. The van der Waals surface area contributed by atoms with Crippen LogP contribution in [0.3, 0.4) is 0 Å². The number of nitrogens with two attached hydrogens (primary N) is 1. The Morgan fingerprint density at radius 2 is 1.89 bits per heavy atom. The third-order valence-corrected chi connectivity index (χ3v) is 5.68. The van der Waals surface area contributed by atoms with Crippen LogP contribution in [-0.4, -0.2) is 17.0 Å². The van der Waals surface area contributed by atoms with Crippen molar-refractivity contribution >= 4 is 40.4 Å². The number of aryl methyl sites for hydroxylation is 1. The number of hydrogen-bond acceptors (Lipinski definition) is 4. The van der Waals surface area contributed by atoms with E-state index in [1.807, 2.05) is 44.2 Å². The Morgan fingerprint density at radius 3 is 2.52 bits per heavy atom. The molecule has 0 radical (unpaired) electrons. The number of nitrogens with zero attached hydrogens (tertiary/aromatic N) is 1. The first-order valence-electron chi connectivity index (χ1n) is 8.64. The minimum absolute atomic E-state index is 0. The summed E-state index contributed by atoms with van der Waals surface area (Å²) >= 11 is 1.22. The molecule has 27 heavy (non-hydrogen) atoms. The zero-order chi connectivity index (χ0) is 18.7. The second-order valence-electron chi connectivity index (χ2n) is 6.37. The Balaban J connectivity index is 0.00000261. The lowest BCUT2D eigenvalue weighted by molar-refractivity contribution is -0.122. The van der Waals surface area contributed by atoms with Gasteiger partial charge in [0, 0.05) is 30.1 Å². The number of halogens is 1. The molecule has 0 saturated carbocycles. The maximum absolute atomic E-state index is 12.4. The fraction of sp³-hybridized carbons (Fsp3) is 0.300. The molecule has 7 heteroatoms. The van der Waals surface area contributed by atoms with Crippen molar-refractivity contribution in [2.24, 2.45) is 5.73 Å². The highest BCUT2D eigenvalue weighted by Crippen LogP contribution is 2.20. The standard InChI is InChI=1S/C20H23N3O2S.ClH/c1-13-14(2)26-20(25)23(13)10-9-19(24)22-18(12-21)17-8-7-15-5-3-4-6-16(15)11-17;/h3-8,11,18H,9-10,12,21H2,1-2H3,(H,22,24);1H. The fourth-order valence-electron chi connectivity index (χ4n) is 3.03. The van der Waals surface area contributed by atoms with Crippen LogP contribution in [0.25, 0.3) is 10.8 Å². The number of carbonyl (C=O) groups is 1. The Bertz CT molecular complexity index is 996. The first-order valence-corrected chi connectivity index (χ1v) is 9.46. The first-order chi connectivity index (χ1) is 12.5. The van der Waals surface area contributed by atoms with Crippen molar-refractivity contribution in [1.82, 2.24) is 9.88 Å².